The third-order valence-electron chi connectivity index (χ3n) is 4.63. The van der Waals surface area contributed by atoms with E-state index in [2.05, 4.69) is 25.6 Å². The second-order valence-electron chi connectivity index (χ2n) is 7.62. The average molecular weight is 485 g/mol. The number of hydrogen-bond acceptors (Lipinski definition) is 9. The fraction of sp³-hybridized carbons (Fsp3) is 0.348. The third kappa shape index (κ3) is 6.49. The van der Waals surface area contributed by atoms with Gasteiger partial charge in [0.2, 0.25) is 5.88 Å². The van der Waals surface area contributed by atoms with Crippen LogP contribution in [0.4, 0.5) is 10.6 Å². The number of nitrogens with zero attached hydrogens (tertiary/aromatic N) is 4. The zero-order valence-electron chi connectivity index (χ0n) is 19.8. The van der Waals surface area contributed by atoms with Gasteiger partial charge >= 0.3 is 12.0 Å². The molecule has 3 aromatic heterocycles. The maximum absolute atomic E-state index is 12.3. The van der Waals surface area contributed by atoms with Crippen LogP contribution in [0.2, 0.25) is 0 Å². The first-order chi connectivity index (χ1) is 16.3. The Morgan fingerprint density at radius 2 is 1.94 bits per heavy atom. The summed E-state index contributed by atoms with van der Waals surface area (Å²) in [4.78, 5) is 39.6. The molecule has 11 heteroatoms. The zero-order chi connectivity index (χ0) is 24.7. The van der Waals surface area contributed by atoms with Gasteiger partial charge in [-0.25, -0.2) is 24.5 Å². The van der Waals surface area contributed by atoms with Gasteiger partial charge in [-0.15, -0.1) is 11.3 Å². The van der Waals surface area contributed by atoms with E-state index in [1.807, 2.05) is 38.2 Å². The Labute approximate surface area is 202 Å². The van der Waals surface area contributed by atoms with Crippen LogP contribution in [0.1, 0.15) is 23.1 Å². The van der Waals surface area contributed by atoms with Gasteiger partial charge in [0, 0.05) is 47.6 Å². The Kier molecular flexibility index (Phi) is 8.50. The molecule has 34 heavy (non-hydrogen) atoms. The van der Waals surface area contributed by atoms with Gasteiger partial charge in [-0.3, -0.25) is 5.32 Å². The van der Waals surface area contributed by atoms with Crippen LogP contribution in [0.15, 0.2) is 29.8 Å². The Morgan fingerprint density at radius 1 is 1.15 bits per heavy atom. The summed E-state index contributed by atoms with van der Waals surface area (Å²) in [7, 11) is 5.19. The van der Waals surface area contributed by atoms with Crippen LogP contribution < -0.4 is 15.4 Å². The lowest BCUT2D eigenvalue weighted by Crippen LogP contribution is -2.28. The molecule has 0 saturated heterocycles. The molecule has 3 heterocycles. The predicted octanol–water partition coefficient (Wildman–Crippen LogP) is 3.44. The van der Waals surface area contributed by atoms with E-state index in [0.29, 0.717) is 42.5 Å². The average Bonchev–Trinajstić information content (AvgIpc) is 3.24. The van der Waals surface area contributed by atoms with E-state index in [1.165, 1.54) is 18.4 Å². The number of esters is 1. The van der Waals surface area contributed by atoms with Crippen LogP contribution >= 0.6 is 11.3 Å². The fourth-order valence-electron chi connectivity index (χ4n) is 3.01. The molecule has 0 radical (unpaired) electrons. The smallest absolute Gasteiger partial charge is 0.356 e. The lowest BCUT2D eigenvalue weighted by molar-refractivity contribution is 0.0592. The van der Waals surface area contributed by atoms with Crippen molar-refractivity contribution in [2.24, 2.45) is 0 Å². The van der Waals surface area contributed by atoms with E-state index >= 15 is 0 Å². The lowest BCUT2D eigenvalue weighted by atomic mass is 10.0. The first-order valence-corrected chi connectivity index (χ1v) is 11.5. The van der Waals surface area contributed by atoms with E-state index in [0.717, 1.165) is 16.3 Å². The standard InChI is InChI=1S/C23H28N6O4S/c1-6-24-23(31)28-19-11-16(21-26-14(2)13-34-21)17(12-25-19)15-9-18(22(30)32-5)27-20(10-15)33-8-7-29(3)4/h9-13H,6-8H2,1-5H3,(H2,24,25,28,31). The van der Waals surface area contributed by atoms with Gasteiger partial charge in [-0.2, -0.15) is 0 Å². The number of pyridine rings is 2. The Hall–Kier alpha value is -3.57. The number of amides is 2. The minimum absolute atomic E-state index is 0.116. The van der Waals surface area contributed by atoms with Crippen molar-refractivity contribution in [1.82, 2.24) is 25.2 Å². The van der Waals surface area contributed by atoms with Crippen molar-refractivity contribution in [2.45, 2.75) is 13.8 Å². The van der Waals surface area contributed by atoms with Crippen LogP contribution in [-0.4, -0.2) is 72.8 Å². The summed E-state index contributed by atoms with van der Waals surface area (Å²) in [6.45, 7) is 5.32. The Bertz CT molecular complexity index is 1160. The molecule has 0 spiro atoms. The van der Waals surface area contributed by atoms with Crippen LogP contribution in [0.25, 0.3) is 21.7 Å². The van der Waals surface area contributed by atoms with Gasteiger partial charge < -0.3 is 19.7 Å². The van der Waals surface area contributed by atoms with Crippen molar-refractivity contribution in [1.29, 1.82) is 0 Å². The number of rotatable bonds is 9. The normalized spacial score (nSPS) is 10.8. The highest BCUT2D eigenvalue weighted by Gasteiger charge is 2.18. The van der Waals surface area contributed by atoms with Crippen LogP contribution in [0, 0.1) is 6.92 Å². The topological polar surface area (TPSA) is 119 Å². The molecule has 0 saturated carbocycles. The molecule has 2 N–H and O–H groups in total. The van der Waals surface area contributed by atoms with Gasteiger partial charge in [-0.1, -0.05) is 0 Å². The molecule has 0 aromatic carbocycles. The molecular weight excluding hydrogens is 456 g/mol. The van der Waals surface area contributed by atoms with Gasteiger partial charge in [0.1, 0.15) is 17.4 Å². The monoisotopic (exact) mass is 484 g/mol. The number of carbonyl (C=O) groups is 2. The lowest BCUT2D eigenvalue weighted by Gasteiger charge is -2.14. The van der Waals surface area contributed by atoms with Gasteiger partial charge in [0.05, 0.1) is 7.11 Å². The number of methoxy groups -OCH3 is 1. The fourth-order valence-corrected chi connectivity index (χ4v) is 3.83. The molecule has 3 rings (SSSR count). The first-order valence-electron chi connectivity index (χ1n) is 10.7. The van der Waals surface area contributed by atoms with Gasteiger partial charge in [-0.05, 0) is 45.6 Å². The number of likely N-dealkylation sites (N-methyl/N-ethyl adjacent to an activating group) is 1. The van der Waals surface area contributed by atoms with Crippen molar-refractivity contribution in [3.63, 3.8) is 0 Å². The summed E-state index contributed by atoms with van der Waals surface area (Å²) >= 11 is 1.47. The number of urea groups is 1. The number of hydrogen-bond donors (Lipinski definition) is 2. The summed E-state index contributed by atoms with van der Waals surface area (Å²) in [5, 5.41) is 8.10. The molecule has 0 bridgehead atoms. The van der Waals surface area contributed by atoms with Crippen molar-refractivity contribution >= 4 is 29.2 Å². The second-order valence-corrected chi connectivity index (χ2v) is 8.47. The number of ether oxygens (including phenoxy) is 2. The van der Waals surface area contributed by atoms with Crippen molar-refractivity contribution in [2.75, 3.05) is 46.2 Å². The molecular formula is C23H28N6O4S. The highest BCUT2D eigenvalue weighted by molar-refractivity contribution is 7.13. The molecule has 0 aliphatic heterocycles. The minimum atomic E-state index is -0.576. The number of nitrogens with one attached hydrogen (secondary N) is 2. The van der Waals surface area contributed by atoms with E-state index in [-0.39, 0.29) is 11.7 Å². The molecule has 3 aromatic rings. The molecule has 0 unspecified atom stereocenters. The third-order valence-corrected chi connectivity index (χ3v) is 5.62. The van der Waals surface area contributed by atoms with Crippen molar-refractivity contribution < 1.29 is 19.1 Å². The van der Waals surface area contributed by atoms with E-state index in [1.54, 1.807) is 24.4 Å². The summed E-state index contributed by atoms with van der Waals surface area (Å²) in [5.74, 6) is 0.0984. The summed E-state index contributed by atoms with van der Waals surface area (Å²) in [6, 6.07) is 4.79. The minimum Gasteiger partial charge on any atom is -0.476 e. The van der Waals surface area contributed by atoms with Gasteiger partial charge in [0.25, 0.3) is 0 Å². The molecule has 180 valence electrons. The molecule has 0 atom stereocenters. The number of carbonyl (C=O) groups excluding carboxylic acids is 2. The number of anilines is 1. The highest BCUT2D eigenvalue weighted by Crippen LogP contribution is 2.36. The van der Waals surface area contributed by atoms with Gasteiger partial charge in [0.15, 0.2) is 5.69 Å². The summed E-state index contributed by atoms with van der Waals surface area (Å²) in [6.07, 6.45) is 1.63. The second kappa shape index (κ2) is 11.5. The molecule has 0 aliphatic rings. The molecule has 10 nitrogen and oxygen atoms in total. The van der Waals surface area contributed by atoms with E-state index in [9.17, 15) is 9.59 Å². The quantitative estimate of drug-likeness (QED) is 0.444. The van der Waals surface area contributed by atoms with Crippen molar-refractivity contribution in [3.05, 3.63) is 41.2 Å². The summed E-state index contributed by atoms with van der Waals surface area (Å²) in [5.41, 5.74) is 3.11. The largest absolute Gasteiger partial charge is 0.476 e. The maximum Gasteiger partial charge on any atom is 0.356 e. The number of thiazole rings is 1. The zero-order valence-corrected chi connectivity index (χ0v) is 20.7. The Balaban J connectivity index is 2.08. The van der Waals surface area contributed by atoms with E-state index < -0.39 is 5.97 Å². The SMILES string of the molecule is CCNC(=O)Nc1cc(-c2nc(C)cs2)c(-c2cc(OCCN(C)C)nc(C(=O)OC)c2)cn1. The summed E-state index contributed by atoms with van der Waals surface area (Å²) < 4.78 is 10.7. The molecule has 0 aliphatic carbocycles. The Morgan fingerprint density at radius 3 is 2.59 bits per heavy atom. The van der Waals surface area contributed by atoms with Crippen LogP contribution in [0.3, 0.4) is 0 Å². The first kappa shape index (κ1) is 25.1. The predicted molar refractivity (Wildman–Crippen MR) is 131 cm³/mol. The van der Waals surface area contributed by atoms with Crippen LogP contribution in [-0.2, 0) is 4.74 Å². The molecule has 2 amide bonds. The van der Waals surface area contributed by atoms with E-state index in [4.69, 9.17) is 9.47 Å². The maximum atomic E-state index is 12.3. The number of aryl methyl sites for hydroxylation is 1. The molecule has 0 fully saturated rings. The highest BCUT2D eigenvalue weighted by atomic mass is 32.1. The van der Waals surface area contributed by atoms with Crippen molar-refractivity contribution in [3.8, 4) is 27.6 Å². The van der Waals surface area contributed by atoms with Crippen LogP contribution in [0.5, 0.6) is 5.88 Å². The number of aromatic nitrogens is 3.